The average molecular weight is 337 g/mol. The predicted octanol–water partition coefficient (Wildman–Crippen LogP) is 2.96. The van der Waals surface area contributed by atoms with Crippen molar-refractivity contribution >= 4 is 5.65 Å². The second-order valence-electron chi connectivity index (χ2n) is 6.75. The van der Waals surface area contributed by atoms with Gasteiger partial charge in [0.2, 0.25) is 5.88 Å². The molecule has 0 spiro atoms. The van der Waals surface area contributed by atoms with Crippen molar-refractivity contribution in [1.29, 1.82) is 0 Å². The molecule has 0 aliphatic heterocycles. The van der Waals surface area contributed by atoms with Gasteiger partial charge in [0.15, 0.2) is 5.65 Å². The minimum absolute atomic E-state index is 0.280. The van der Waals surface area contributed by atoms with Gasteiger partial charge in [-0.05, 0) is 37.7 Å². The maximum atomic E-state index is 5.43. The maximum Gasteiger partial charge on any atom is 0.319 e. The number of aromatic nitrogens is 5. The molecule has 7 nitrogen and oxygen atoms in total. The molecule has 0 N–H and O–H groups in total. The van der Waals surface area contributed by atoms with E-state index in [0.717, 1.165) is 22.6 Å². The molecule has 2 saturated carbocycles. The van der Waals surface area contributed by atoms with E-state index in [4.69, 9.17) is 19.6 Å². The molecule has 25 heavy (non-hydrogen) atoms. The Balaban J connectivity index is 1.68. The zero-order valence-corrected chi connectivity index (χ0v) is 14.3. The van der Waals surface area contributed by atoms with Gasteiger partial charge in [0, 0.05) is 17.7 Å². The molecule has 0 unspecified atom stereocenters. The van der Waals surface area contributed by atoms with E-state index in [0.29, 0.717) is 17.7 Å². The molecule has 2 aliphatic rings. The second kappa shape index (κ2) is 5.40. The number of rotatable bonds is 5. The largest absolute Gasteiger partial charge is 0.480 e. The van der Waals surface area contributed by atoms with Crippen LogP contribution in [0.25, 0.3) is 16.9 Å². The van der Waals surface area contributed by atoms with Crippen molar-refractivity contribution in [2.45, 2.75) is 37.5 Å². The number of hydrogen-bond acceptors (Lipinski definition) is 6. The molecule has 3 aromatic heterocycles. The number of fused-ring (bicyclic) bond motifs is 1. The molecule has 0 bridgehead atoms. The first-order chi connectivity index (χ1) is 12.3. The molecule has 0 radical (unpaired) electrons. The van der Waals surface area contributed by atoms with E-state index in [-0.39, 0.29) is 6.01 Å². The molecule has 128 valence electrons. The van der Waals surface area contributed by atoms with Gasteiger partial charge in [-0.25, -0.2) is 14.5 Å². The monoisotopic (exact) mass is 337 g/mol. The van der Waals surface area contributed by atoms with Crippen molar-refractivity contribution in [1.82, 2.24) is 24.6 Å². The fourth-order valence-corrected chi connectivity index (χ4v) is 3.20. The van der Waals surface area contributed by atoms with Crippen LogP contribution in [0.5, 0.6) is 11.9 Å². The van der Waals surface area contributed by atoms with Crippen LogP contribution in [0.3, 0.4) is 0 Å². The summed E-state index contributed by atoms with van der Waals surface area (Å²) in [4.78, 5) is 13.4. The Morgan fingerprint density at radius 3 is 2.52 bits per heavy atom. The molecule has 2 fully saturated rings. The van der Waals surface area contributed by atoms with Gasteiger partial charge in [-0.1, -0.05) is 0 Å². The van der Waals surface area contributed by atoms with E-state index in [9.17, 15) is 0 Å². The fraction of sp³-hybridized carbons (Fsp3) is 0.444. The van der Waals surface area contributed by atoms with E-state index < -0.39 is 0 Å². The van der Waals surface area contributed by atoms with Crippen LogP contribution in [-0.2, 0) is 0 Å². The Kier molecular flexibility index (Phi) is 3.16. The van der Waals surface area contributed by atoms with E-state index in [1.807, 2.05) is 4.52 Å². The zero-order chi connectivity index (χ0) is 17.0. The summed E-state index contributed by atoms with van der Waals surface area (Å²) in [5.74, 6) is 1.64. The lowest BCUT2D eigenvalue weighted by molar-refractivity contribution is 0.353. The minimum Gasteiger partial charge on any atom is -0.480 e. The lowest BCUT2D eigenvalue weighted by atomic mass is 10.1. The molecule has 7 heteroatoms. The summed E-state index contributed by atoms with van der Waals surface area (Å²) in [5.41, 5.74) is 4.96. The quantitative estimate of drug-likeness (QED) is 0.712. The van der Waals surface area contributed by atoms with Crippen molar-refractivity contribution in [2.24, 2.45) is 0 Å². The first-order valence-corrected chi connectivity index (χ1v) is 8.62. The maximum absolute atomic E-state index is 5.43. The Hall–Kier alpha value is -2.70. The van der Waals surface area contributed by atoms with Crippen LogP contribution >= 0.6 is 0 Å². The molecule has 2 aliphatic carbocycles. The normalized spacial score (nSPS) is 17.0. The summed E-state index contributed by atoms with van der Waals surface area (Å²) in [6.45, 7) is 0. The second-order valence-corrected chi connectivity index (χ2v) is 6.75. The Labute approximate surface area is 145 Å². The highest BCUT2D eigenvalue weighted by Crippen LogP contribution is 2.45. The van der Waals surface area contributed by atoms with Gasteiger partial charge in [0.1, 0.15) is 0 Å². The summed E-state index contributed by atoms with van der Waals surface area (Å²) < 4.78 is 12.4. The van der Waals surface area contributed by atoms with Crippen molar-refractivity contribution in [3.8, 4) is 23.1 Å². The van der Waals surface area contributed by atoms with E-state index in [2.05, 4.69) is 22.2 Å². The lowest BCUT2D eigenvalue weighted by Gasteiger charge is -2.10. The van der Waals surface area contributed by atoms with Crippen LogP contribution in [-0.4, -0.2) is 38.8 Å². The van der Waals surface area contributed by atoms with E-state index >= 15 is 0 Å². The smallest absolute Gasteiger partial charge is 0.319 e. The van der Waals surface area contributed by atoms with Crippen molar-refractivity contribution in [3.63, 3.8) is 0 Å². The number of methoxy groups -OCH3 is 2. The summed E-state index contributed by atoms with van der Waals surface area (Å²) in [7, 11) is 3.13. The zero-order valence-electron chi connectivity index (χ0n) is 14.3. The summed E-state index contributed by atoms with van der Waals surface area (Å²) in [6, 6.07) is 2.40. The molecule has 0 amide bonds. The van der Waals surface area contributed by atoms with Crippen LogP contribution < -0.4 is 9.47 Å². The topological polar surface area (TPSA) is 74.4 Å². The highest BCUT2D eigenvalue weighted by atomic mass is 16.5. The third-order valence-electron chi connectivity index (χ3n) is 4.87. The molecule has 5 rings (SSSR count). The highest BCUT2D eigenvalue weighted by Gasteiger charge is 2.31. The molecular formula is C18H19N5O2. The Morgan fingerprint density at radius 1 is 1.04 bits per heavy atom. The van der Waals surface area contributed by atoms with Gasteiger partial charge in [-0.2, -0.15) is 10.1 Å². The number of nitrogens with zero attached hydrogens (tertiary/aromatic N) is 5. The average Bonchev–Trinajstić information content (AvgIpc) is 3.56. The van der Waals surface area contributed by atoms with Crippen molar-refractivity contribution in [3.05, 3.63) is 29.7 Å². The third-order valence-corrected chi connectivity index (χ3v) is 4.87. The highest BCUT2D eigenvalue weighted by molar-refractivity contribution is 5.68. The van der Waals surface area contributed by atoms with Crippen LogP contribution in [0.15, 0.2) is 18.5 Å². The molecule has 0 atom stereocenters. The van der Waals surface area contributed by atoms with E-state index in [1.165, 1.54) is 38.4 Å². The number of imidazole rings is 1. The van der Waals surface area contributed by atoms with Crippen LogP contribution in [0.4, 0.5) is 0 Å². The number of hydrogen-bond donors (Lipinski definition) is 0. The van der Waals surface area contributed by atoms with Crippen LogP contribution in [0.2, 0.25) is 0 Å². The van der Waals surface area contributed by atoms with Gasteiger partial charge >= 0.3 is 6.01 Å². The van der Waals surface area contributed by atoms with Crippen molar-refractivity contribution < 1.29 is 9.47 Å². The molecule has 3 aromatic rings. The van der Waals surface area contributed by atoms with E-state index in [1.54, 1.807) is 13.3 Å². The summed E-state index contributed by atoms with van der Waals surface area (Å²) in [6.07, 6.45) is 8.65. The van der Waals surface area contributed by atoms with Gasteiger partial charge in [-0.3, -0.25) is 0 Å². The predicted molar refractivity (Wildman–Crippen MR) is 91.1 cm³/mol. The van der Waals surface area contributed by atoms with Gasteiger partial charge in [-0.15, -0.1) is 0 Å². The molecule has 0 saturated heterocycles. The Bertz CT molecular complexity index is 959. The van der Waals surface area contributed by atoms with Gasteiger partial charge < -0.3 is 9.47 Å². The summed E-state index contributed by atoms with van der Waals surface area (Å²) in [5, 5.41) is 4.76. The molecular weight excluding hydrogens is 318 g/mol. The van der Waals surface area contributed by atoms with Gasteiger partial charge in [0.25, 0.3) is 0 Å². The van der Waals surface area contributed by atoms with Gasteiger partial charge in [0.05, 0.1) is 37.4 Å². The SMILES string of the molecule is COc1ncc(-c2cc(C3CC3)c3nc(C4CC4)cn3n2)c(OC)n1. The first kappa shape index (κ1) is 14.6. The van der Waals surface area contributed by atoms with Crippen LogP contribution in [0.1, 0.15) is 48.8 Å². The molecule has 0 aromatic carbocycles. The minimum atomic E-state index is 0.280. The Morgan fingerprint density at radius 2 is 1.84 bits per heavy atom. The third kappa shape index (κ3) is 2.50. The summed E-state index contributed by atoms with van der Waals surface area (Å²) >= 11 is 0. The van der Waals surface area contributed by atoms with Crippen molar-refractivity contribution in [2.75, 3.05) is 14.2 Å². The van der Waals surface area contributed by atoms with Crippen LogP contribution in [0, 0.1) is 0 Å². The standard InChI is InChI=1S/C18H19N5O2/c1-24-17-13(8-19-18(21-17)25-2)14-7-12(10-3-4-10)16-20-15(11-5-6-11)9-23(16)22-14/h7-11H,3-6H2,1-2H3. The fourth-order valence-electron chi connectivity index (χ4n) is 3.20. The molecule has 3 heterocycles. The first-order valence-electron chi connectivity index (χ1n) is 8.62. The lowest BCUT2D eigenvalue weighted by Crippen LogP contribution is -2.02. The number of ether oxygens (including phenoxy) is 2.